The van der Waals surface area contributed by atoms with Gasteiger partial charge >= 0.3 is 0 Å². The highest BCUT2D eigenvalue weighted by atomic mass is 79.9. The maximum Gasteiger partial charge on any atom is 0.216 e. The van der Waals surface area contributed by atoms with Gasteiger partial charge in [0.25, 0.3) is 0 Å². The van der Waals surface area contributed by atoms with Crippen LogP contribution < -0.4 is 4.72 Å². The molecule has 2 rings (SSSR count). The molecule has 0 spiro atoms. The molecule has 0 bridgehead atoms. The predicted octanol–water partition coefficient (Wildman–Crippen LogP) is 5.25. The molecular weight excluding hydrogens is 403 g/mol. The zero-order valence-electron chi connectivity index (χ0n) is 15.1. The van der Waals surface area contributed by atoms with E-state index in [1.165, 1.54) is 0 Å². The van der Waals surface area contributed by atoms with E-state index in [1.807, 2.05) is 58.9 Å². The number of aromatic nitrogens is 1. The molecule has 0 amide bonds. The third-order valence-corrected chi connectivity index (χ3v) is 5.84. The minimum Gasteiger partial charge on any atom is -0.242 e. The summed E-state index contributed by atoms with van der Waals surface area (Å²) >= 11 is 3.46. The van der Waals surface area contributed by atoms with Crippen molar-refractivity contribution in [1.82, 2.24) is 9.71 Å². The van der Waals surface area contributed by atoms with E-state index in [4.69, 9.17) is 0 Å². The summed E-state index contributed by atoms with van der Waals surface area (Å²) in [5.74, 6) is -0.418. The fraction of sp³-hybridized carbons (Fsp3) is 0.421. The Kier molecular flexibility index (Phi) is 6.51. The second kappa shape index (κ2) is 8.06. The third kappa shape index (κ3) is 5.19. The van der Waals surface area contributed by atoms with E-state index < -0.39 is 27.7 Å². The van der Waals surface area contributed by atoms with Gasteiger partial charge in [0.15, 0.2) is 0 Å². The number of hydrogen-bond acceptors (Lipinski definition) is 2. The molecule has 1 heterocycles. The summed E-state index contributed by atoms with van der Waals surface area (Å²) in [6.45, 7) is 9.54. The van der Waals surface area contributed by atoms with Crippen molar-refractivity contribution in [2.75, 3.05) is 0 Å². The Morgan fingerprint density at radius 2 is 1.88 bits per heavy atom. The summed E-state index contributed by atoms with van der Waals surface area (Å²) in [5.41, 5.74) is 1.96. The molecule has 0 radical (unpaired) electrons. The maximum absolute atomic E-state index is 14.4. The fourth-order valence-corrected chi connectivity index (χ4v) is 3.56. The number of nitrogens with zero attached hydrogens (tertiary/aromatic N) is 1. The summed E-state index contributed by atoms with van der Waals surface area (Å²) in [6.07, 6.45) is 0. The fourth-order valence-electron chi connectivity index (χ4n) is 2.32. The first-order valence-electron chi connectivity index (χ1n) is 8.19. The molecule has 0 aliphatic heterocycles. The SMILES string of the molecule is CC(C)c1ccc(C(NS(=O)C(C)(C)C)c2cccc(Br)c2)nc1F. The van der Waals surface area contributed by atoms with E-state index in [9.17, 15) is 8.60 Å². The third-order valence-electron chi connectivity index (χ3n) is 3.78. The molecule has 0 saturated heterocycles. The summed E-state index contributed by atoms with van der Waals surface area (Å²) in [6, 6.07) is 10.7. The first-order chi connectivity index (χ1) is 11.6. The first-order valence-corrected chi connectivity index (χ1v) is 10.1. The highest BCUT2D eigenvalue weighted by Gasteiger charge is 2.26. The van der Waals surface area contributed by atoms with Crippen LogP contribution in [0.4, 0.5) is 4.39 Å². The molecule has 25 heavy (non-hydrogen) atoms. The predicted molar refractivity (Wildman–Crippen MR) is 105 cm³/mol. The van der Waals surface area contributed by atoms with E-state index in [0.717, 1.165) is 10.0 Å². The Labute approximate surface area is 160 Å². The lowest BCUT2D eigenvalue weighted by molar-refractivity contribution is 0.542. The molecule has 0 saturated carbocycles. The number of rotatable bonds is 5. The van der Waals surface area contributed by atoms with Gasteiger partial charge in [-0.1, -0.05) is 48.0 Å². The second-order valence-corrected chi connectivity index (χ2v) is 10.2. The molecule has 6 heteroatoms. The standard InChI is InChI=1S/C19H24BrFN2OS/c1-12(2)15-9-10-16(22-18(15)21)17(23-25(24)19(3,4)5)13-7-6-8-14(20)11-13/h6-12,17,23H,1-5H3. The quantitative estimate of drug-likeness (QED) is 0.663. The van der Waals surface area contributed by atoms with Crippen molar-refractivity contribution >= 4 is 26.9 Å². The molecule has 1 aromatic carbocycles. The van der Waals surface area contributed by atoms with Crippen LogP contribution in [0.3, 0.4) is 0 Å². The number of halogens is 2. The van der Waals surface area contributed by atoms with E-state index in [2.05, 4.69) is 25.6 Å². The number of pyridine rings is 1. The second-order valence-electron chi connectivity index (χ2n) is 7.26. The largest absolute Gasteiger partial charge is 0.242 e. The van der Waals surface area contributed by atoms with Gasteiger partial charge in [-0.05, 0) is 50.5 Å². The van der Waals surface area contributed by atoms with Crippen molar-refractivity contribution in [2.45, 2.75) is 51.3 Å². The molecule has 0 fully saturated rings. The molecule has 0 aliphatic rings. The van der Waals surface area contributed by atoms with Crippen LogP contribution in [-0.2, 0) is 11.0 Å². The van der Waals surface area contributed by atoms with Crippen molar-refractivity contribution in [3.63, 3.8) is 0 Å². The lowest BCUT2D eigenvalue weighted by atomic mass is 10.0. The molecule has 2 aromatic rings. The minimum atomic E-state index is -1.32. The summed E-state index contributed by atoms with van der Waals surface area (Å²) in [4.78, 5) is 4.16. The lowest BCUT2D eigenvalue weighted by Crippen LogP contribution is -2.36. The molecule has 136 valence electrons. The van der Waals surface area contributed by atoms with Crippen LogP contribution >= 0.6 is 15.9 Å². The van der Waals surface area contributed by atoms with Gasteiger partial charge < -0.3 is 0 Å². The highest BCUT2D eigenvalue weighted by Crippen LogP contribution is 2.27. The normalized spacial score (nSPS) is 14.6. The van der Waals surface area contributed by atoms with Crippen LogP contribution in [0, 0.1) is 5.95 Å². The summed E-state index contributed by atoms with van der Waals surface area (Å²) in [7, 11) is -1.32. The Morgan fingerprint density at radius 1 is 1.20 bits per heavy atom. The molecule has 2 unspecified atom stereocenters. The van der Waals surface area contributed by atoms with Gasteiger partial charge in [0.2, 0.25) is 5.95 Å². The Morgan fingerprint density at radius 3 is 2.40 bits per heavy atom. The molecule has 0 aliphatic carbocycles. The monoisotopic (exact) mass is 426 g/mol. The molecule has 1 N–H and O–H groups in total. The van der Waals surface area contributed by atoms with Gasteiger partial charge in [-0.3, -0.25) is 0 Å². The maximum atomic E-state index is 14.4. The number of benzene rings is 1. The lowest BCUT2D eigenvalue weighted by Gasteiger charge is -2.25. The topological polar surface area (TPSA) is 42.0 Å². The number of hydrogen-bond donors (Lipinski definition) is 1. The highest BCUT2D eigenvalue weighted by molar-refractivity contribution is 9.10. The van der Waals surface area contributed by atoms with Crippen LogP contribution in [0.1, 0.15) is 63.4 Å². The van der Waals surface area contributed by atoms with Gasteiger partial charge in [-0.15, -0.1) is 0 Å². The average molecular weight is 427 g/mol. The van der Waals surface area contributed by atoms with E-state index >= 15 is 0 Å². The van der Waals surface area contributed by atoms with Crippen LogP contribution in [-0.4, -0.2) is 13.9 Å². The summed E-state index contributed by atoms with van der Waals surface area (Å²) in [5, 5.41) is 0. The van der Waals surface area contributed by atoms with Crippen molar-refractivity contribution in [3.05, 3.63) is 63.6 Å². The van der Waals surface area contributed by atoms with Crippen molar-refractivity contribution < 1.29 is 8.60 Å². The van der Waals surface area contributed by atoms with Gasteiger partial charge in [0, 0.05) is 10.0 Å². The van der Waals surface area contributed by atoms with Crippen LogP contribution in [0.25, 0.3) is 0 Å². The van der Waals surface area contributed by atoms with Crippen molar-refractivity contribution in [2.24, 2.45) is 0 Å². The molecule has 2 atom stereocenters. The first kappa shape index (κ1) is 20.2. The zero-order valence-corrected chi connectivity index (χ0v) is 17.5. The van der Waals surface area contributed by atoms with Gasteiger partial charge in [0.1, 0.15) is 0 Å². The van der Waals surface area contributed by atoms with Crippen LogP contribution in [0.5, 0.6) is 0 Å². The van der Waals surface area contributed by atoms with Crippen molar-refractivity contribution in [1.29, 1.82) is 0 Å². The Balaban J connectivity index is 2.48. The minimum absolute atomic E-state index is 0.0579. The van der Waals surface area contributed by atoms with E-state index in [1.54, 1.807) is 12.1 Å². The Hall–Kier alpha value is -1.11. The smallest absolute Gasteiger partial charge is 0.216 e. The van der Waals surface area contributed by atoms with Gasteiger partial charge in [-0.25, -0.2) is 13.9 Å². The number of nitrogens with one attached hydrogen (secondary N) is 1. The van der Waals surface area contributed by atoms with E-state index in [0.29, 0.717) is 11.3 Å². The van der Waals surface area contributed by atoms with Crippen LogP contribution in [0.15, 0.2) is 40.9 Å². The molecular formula is C19H24BrFN2OS. The average Bonchev–Trinajstić information content (AvgIpc) is 2.50. The van der Waals surface area contributed by atoms with Crippen LogP contribution in [0.2, 0.25) is 0 Å². The van der Waals surface area contributed by atoms with Gasteiger partial charge in [-0.2, -0.15) is 4.39 Å². The van der Waals surface area contributed by atoms with Gasteiger partial charge in [0.05, 0.1) is 27.5 Å². The molecule has 3 nitrogen and oxygen atoms in total. The molecule has 1 aromatic heterocycles. The zero-order chi connectivity index (χ0) is 18.8. The summed E-state index contributed by atoms with van der Waals surface area (Å²) < 4.78 is 30.6. The van der Waals surface area contributed by atoms with Crippen molar-refractivity contribution in [3.8, 4) is 0 Å². The van der Waals surface area contributed by atoms with E-state index in [-0.39, 0.29) is 5.92 Å². The Bertz CT molecular complexity index is 774.